The molecule has 3 aromatic rings. The normalized spacial score (nSPS) is 14.7. The molecule has 170 valence electrons. The molecule has 1 aromatic heterocycles. The van der Waals surface area contributed by atoms with Crippen molar-refractivity contribution in [3.63, 3.8) is 0 Å². The number of hydrogen-bond acceptors (Lipinski definition) is 6. The Bertz CT molecular complexity index is 1370. The molecule has 0 saturated heterocycles. The van der Waals surface area contributed by atoms with Crippen LogP contribution in [0, 0.1) is 5.82 Å². The van der Waals surface area contributed by atoms with Gasteiger partial charge in [-0.15, -0.1) is 0 Å². The van der Waals surface area contributed by atoms with Crippen LogP contribution in [-0.2, 0) is 21.2 Å². The molecule has 2 heterocycles. The van der Waals surface area contributed by atoms with E-state index in [1.165, 1.54) is 24.3 Å². The number of amides is 1. The molecule has 0 spiro atoms. The predicted molar refractivity (Wildman–Crippen MR) is 119 cm³/mol. The maximum atomic E-state index is 14.2. The highest BCUT2D eigenvalue weighted by molar-refractivity contribution is 7.91. The lowest BCUT2D eigenvalue weighted by atomic mass is 10.2. The van der Waals surface area contributed by atoms with E-state index >= 15 is 0 Å². The standard InChI is InChI=1S/C24H22FN3O4S/c1-2-11-32-23-8-7-19(13-20(23)25)33(30,31)18-5-3-16(4-6-18)14-27-24(29)22-12-17-15-26-10-9-21(17)28-22/h3-10,12-13,15,22H,2,11,14H2,1H3,(H,27,29). The fourth-order valence-electron chi connectivity index (χ4n) is 3.33. The fourth-order valence-corrected chi connectivity index (χ4v) is 4.60. The van der Waals surface area contributed by atoms with Crippen LogP contribution in [0.25, 0.3) is 6.08 Å². The smallest absolute Gasteiger partial charge is 0.249 e. The Morgan fingerprint density at radius 2 is 1.88 bits per heavy atom. The average molecular weight is 468 g/mol. The second kappa shape index (κ2) is 9.50. The first-order chi connectivity index (χ1) is 15.9. The molecular formula is C24H22FN3O4S. The maximum Gasteiger partial charge on any atom is 0.249 e. The minimum absolute atomic E-state index is 0.0208. The molecule has 33 heavy (non-hydrogen) atoms. The minimum Gasteiger partial charge on any atom is -0.491 e. The Kier molecular flexibility index (Phi) is 6.50. The van der Waals surface area contributed by atoms with Crippen LogP contribution in [0.4, 0.5) is 4.39 Å². The maximum absolute atomic E-state index is 14.2. The van der Waals surface area contributed by atoms with E-state index in [-0.39, 0.29) is 28.0 Å². The number of halogens is 1. The first-order valence-electron chi connectivity index (χ1n) is 10.4. The highest BCUT2D eigenvalue weighted by atomic mass is 32.2. The summed E-state index contributed by atoms with van der Waals surface area (Å²) in [6.45, 7) is 2.45. The summed E-state index contributed by atoms with van der Waals surface area (Å²) in [5.74, 6) is -0.966. The van der Waals surface area contributed by atoms with Crippen molar-refractivity contribution >= 4 is 21.8 Å². The largest absolute Gasteiger partial charge is 0.491 e. The number of nitrogens with one attached hydrogen (secondary N) is 1. The third-order valence-corrected chi connectivity index (χ3v) is 6.86. The third kappa shape index (κ3) is 4.93. The summed E-state index contributed by atoms with van der Waals surface area (Å²) in [7, 11) is -3.90. The predicted octanol–water partition coefficient (Wildman–Crippen LogP) is 1.94. The molecule has 1 N–H and O–H groups in total. The molecule has 0 radical (unpaired) electrons. The summed E-state index contributed by atoms with van der Waals surface area (Å²) in [5.41, 5.74) is 0.717. The quantitative estimate of drug-likeness (QED) is 0.546. The number of nitrogens with zero attached hydrogens (tertiary/aromatic N) is 2. The zero-order valence-electron chi connectivity index (χ0n) is 17.9. The van der Waals surface area contributed by atoms with E-state index in [0.717, 1.165) is 16.6 Å². The van der Waals surface area contributed by atoms with Crippen molar-refractivity contribution < 1.29 is 22.3 Å². The number of carbonyl (C=O) groups is 1. The van der Waals surface area contributed by atoms with Gasteiger partial charge in [-0.2, -0.15) is 0 Å². The number of ether oxygens (including phenoxy) is 1. The van der Waals surface area contributed by atoms with Gasteiger partial charge in [0.2, 0.25) is 15.7 Å². The fraction of sp³-hybridized carbons (Fsp3) is 0.208. The van der Waals surface area contributed by atoms with E-state index in [4.69, 9.17) is 4.74 Å². The lowest BCUT2D eigenvalue weighted by molar-refractivity contribution is -0.121. The number of pyridine rings is 1. The van der Waals surface area contributed by atoms with Crippen molar-refractivity contribution in [2.24, 2.45) is 4.99 Å². The Labute approximate surface area is 190 Å². The molecule has 4 rings (SSSR count). The molecule has 0 fully saturated rings. The van der Waals surface area contributed by atoms with Gasteiger partial charge in [-0.3, -0.25) is 14.8 Å². The van der Waals surface area contributed by atoms with E-state index in [1.54, 1.807) is 36.7 Å². The summed E-state index contributed by atoms with van der Waals surface area (Å²) in [4.78, 5) is 20.7. The molecule has 1 atom stereocenters. The molecule has 0 bridgehead atoms. The van der Waals surface area contributed by atoms with Crippen LogP contribution in [0.5, 0.6) is 5.75 Å². The molecule has 1 aliphatic rings. The number of hydrogen-bond donors (Lipinski definition) is 1. The molecule has 0 aliphatic carbocycles. The second-order valence-electron chi connectivity index (χ2n) is 7.48. The van der Waals surface area contributed by atoms with Crippen LogP contribution in [0.3, 0.4) is 0 Å². The van der Waals surface area contributed by atoms with Crippen molar-refractivity contribution in [2.75, 3.05) is 6.61 Å². The molecule has 1 unspecified atom stereocenters. The van der Waals surface area contributed by atoms with Gasteiger partial charge in [-0.05, 0) is 54.5 Å². The lowest BCUT2D eigenvalue weighted by Gasteiger charge is -2.10. The van der Waals surface area contributed by atoms with Gasteiger partial charge in [0.1, 0.15) is 6.04 Å². The Hall–Kier alpha value is -3.59. The van der Waals surface area contributed by atoms with Crippen molar-refractivity contribution in [3.05, 3.63) is 82.9 Å². The second-order valence-corrected chi connectivity index (χ2v) is 9.43. The zero-order valence-corrected chi connectivity index (χ0v) is 18.7. The Morgan fingerprint density at radius 3 is 2.58 bits per heavy atom. The number of benzene rings is 2. The van der Waals surface area contributed by atoms with E-state index in [2.05, 4.69) is 15.3 Å². The van der Waals surface area contributed by atoms with Crippen LogP contribution >= 0.6 is 0 Å². The van der Waals surface area contributed by atoms with E-state index in [0.29, 0.717) is 18.6 Å². The molecule has 9 heteroatoms. The van der Waals surface area contributed by atoms with E-state index in [1.807, 2.05) is 6.92 Å². The summed E-state index contributed by atoms with van der Waals surface area (Å²) >= 11 is 0. The monoisotopic (exact) mass is 467 g/mol. The highest BCUT2D eigenvalue weighted by Gasteiger charge is 2.20. The third-order valence-electron chi connectivity index (χ3n) is 5.09. The van der Waals surface area contributed by atoms with E-state index in [9.17, 15) is 17.6 Å². The van der Waals surface area contributed by atoms with Gasteiger partial charge in [0.15, 0.2) is 11.6 Å². The van der Waals surface area contributed by atoms with Crippen molar-refractivity contribution in [1.29, 1.82) is 0 Å². The van der Waals surface area contributed by atoms with Gasteiger partial charge in [0, 0.05) is 24.2 Å². The average Bonchev–Trinajstić information content (AvgIpc) is 3.26. The summed E-state index contributed by atoms with van der Waals surface area (Å²) in [6.07, 6.45) is 5.73. The Balaban J connectivity index is 1.42. The van der Waals surface area contributed by atoms with Gasteiger partial charge in [0.05, 0.1) is 21.8 Å². The van der Waals surface area contributed by atoms with Crippen molar-refractivity contribution in [3.8, 4) is 5.75 Å². The number of aromatic nitrogens is 1. The van der Waals surface area contributed by atoms with Gasteiger partial charge < -0.3 is 10.1 Å². The van der Waals surface area contributed by atoms with Gasteiger partial charge >= 0.3 is 0 Å². The summed E-state index contributed by atoms with van der Waals surface area (Å²) in [5, 5.41) is 4.34. The number of rotatable bonds is 8. The van der Waals surface area contributed by atoms with Crippen LogP contribution in [0.1, 0.15) is 18.9 Å². The molecule has 7 nitrogen and oxygen atoms in total. The molecular weight excluding hydrogens is 445 g/mol. The number of carbonyl (C=O) groups excluding carboxylic acids is 1. The Morgan fingerprint density at radius 1 is 1.12 bits per heavy atom. The summed E-state index contributed by atoms with van der Waals surface area (Å²) < 4.78 is 45.2. The zero-order chi connectivity index (χ0) is 23.4. The molecule has 0 saturated carbocycles. The molecule has 2 aromatic carbocycles. The van der Waals surface area contributed by atoms with Gasteiger partial charge in [-0.1, -0.05) is 19.1 Å². The van der Waals surface area contributed by atoms with Crippen LogP contribution < -0.4 is 20.6 Å². The number of fused-ring (bicyclic) bond motifs is 1. The lowest BCUT2D eigenvalue weighted by Crippen LogP contribution is -2.31. The highest BCUT2D eigenvalue weighted by Crippen LogP contribution is 2.26. The van der Waals surface area contributed by atoms with Crippen molar-refractivity contribution in [2.45, 2.75) is 35.7 Å². The van der Waals surface area contributed by atoms with Gasteiger partial charge in [-0.25, -0.2) is 12.8 Å². The topological polar surface area (TPSA) is 97.7 Å². The SMILES string of the molecule is CCCOc1ccc(S(=O)(=O)c2ccc(CNC(=O)C3C=c4cnccc4=N3)cc2)cc1F. The molecule has 1 aliphatic heterocycles. The first-order valence-corrected chi connectivity index (χ1v) is 11.9. The van der Waals surface area contributed by atoms with Crippen LogP contribution in [-0.4, -0.2) is 32.0 Å². The van der Waals surface area contributed by atoms with Crippen LogP contribution in [0.2, 0.25) is 0 Å². The molecule has 1 amide bonds. The number of sulfone groups is 1. The van der Waals surface area contributed by atoms with Gasteiger partial charge in [0.25, 0.3) is 0 Å². The van der Waals surface area contributed by atoms with Crippen molar-refractivity contribution in [1.82, 2.24) is 10.3 Å². The summed E-state index contributed by atoms with van der Waals surface area (Å²) in [6, 6.07) is 10.8. The van der Waals surface area contributed by atoms with Crippen LogP contribution in [0.15, 0.2) is 75.7 Å². The minimum atomic E-state index is -3.90. The van der Waals surface area contributed by atoms with E-state index < -0.39 is 21.7 Å². The first kappa shape index (κ1) is 22.6.